The molecular formula is C8H11N3. The zero-order chi connectivity index (χ0) is 8.10. The zero-order valence-corrected chi connectivity index (χ0v) is 6.73. The average molecular weight is 149 g/mol. The minimum atomic E-state index is 0.713. The van der Waals surface area contributed by atoms with E-state index in [4.69, 9.17) is 0 Å². The standard InChI is InChI=1S/C8H11N3/c1-7-8(6-10-11-7)4-3-5-9-2/h6,9H,5H2,1-2H3,(H,10,11). The Morgan fingerprint density at radius 3 is 3.09 bits per heavy atom. The molecule has 0 radical (unpaired) electrons. The molecule has 0 bridgehead atoms. The number of aromatic nitrogens is 2. The molecule has 0 saturated carbocycles. The lowest BCUT2D eigenvalue weighted by Crippen LogP contribution is -2.04. The van der Waals surface area contributed by atoms with Crippen molar-refractivity contribution in [1.82, 2.24) is 15.5 Å². The minimum absolute atomic E-state index is 0.713. The Morgan fingerprint density at radius 2 is 2.55 bits per heavy atom. The molecule has 0 saturated heterocycles. The van der Waals surface area contributed by atoms with Crippen molar-refractivity contribution in [1.29, 1.82) is 0 Å². The third-order valence-corrected chi connectivity index (χ3v) is 1.32. The normalized spacial score (nSPS) is 8.91. The average Bonchev–Trinajstić information content (AvgIpc) is 2.37. The van der Waals surface area contributed by atoms with Gasteiger partial charge < -0.3 is 5.32 Å². The van der Waals surface area contributed by atoms with Crippen LogP contribution in [0, 0.1) is 18.8 Å². The van der Waals surface area contributed by atoms with Crippen LogP contribution in [-0.4, -0.2) is 23.8 Å². The van der Waals surface area contributed by atoms with E-state index in [1.54, 1.807) is 6.20 Å². The molecule has 1 heterocycles. The van der Waals surface area contributed by atoms with Gasteiger partial charge >= 0.3 is 0 Å². The van der Waals surface area contributed by atoms with Crippen molar-refractivity contribution < 1.29 is 0 Å². The molecule has 0 amide bonds. The molecule has 0 fully saturated rings. The van der Waals surface area contributed by atoms with Crippen LogP contribution in [0.25, 0.3) is 0 Å². The van der Waals surface area contributed by atoms with E-state index in [-0.39, 0.29) is 0 Å². The summed E-state index contributed by atoms with van der Waals surface area (Å²) in [5, 5.41) is 9.62. The molecule has 0 aliphatic heterocycles. The second kappa shape index (κ2) is 3.79. The van der Waals surface area contributed by atoms with Crippen molar-refractivity contribution in [2.75, 3.05) is 13.6 Å². The maximum absolute atomic E-state index is 3.85. The highest BCUT2D eigenvalue weighted by molar-refractivity contribution is 5.35. The second-order valence-corrected chi connectivity index (χ2v) is 2.24. The number of H-pyrrole nitrogens is 1. The summed E-state index contributed by atoms with van der Waals surface area (Å²) in [5.74, 6) is 5.94. The van der Waals surface area contributed by atoms with Gasteiger partial charge in [0.05, 0.1) is 18.3 Å². The fourth-order valence-electron chi connectivity index (χ4n) is 0.705. The number of hydrogen-bond acceptors (Lipinski definition) is 2. The number of nitrogens with one attached hydrogen (secondary N) is 2. The molecule has 0 aromatic carbocycles. The maximum Gasteiger partial charge on any atom is 0.0652 e. The van der Waals surface area contributed by atoms with Crippen LogP contribution in [0.15, 0.2) is 6.20 Å². The topological polar surface area (TPSA) is 40.7 Å². The summed E-state index contributed by atoms with van der Waals surface area (Å²) in [6.07, 6.45) is 1.73. The molecule has 0 spiro atoms. The summed E-state index contributed by atoms with van der Waals surface area (Å²) in [5.41, 5.74) is 1.99. The molecule has 1 aromatic rings. The number of aromatic amines is 1. The van der Waals surface area contributed by atoms with Gasteiger partial charge in [-0.1, -0.05) is 11.8 Å². The Kier molecular flexibility index (Phi) is 2.70. The van der Waals surface area contributed by atoms with Crippen molar-refractivity contribution in [3.63, 3.8) is 0 Å². The van der Waals surface area contributed by atoms with E-state index in [0.29, 0.717) is 6.54 Å². The Balaban J connectivity index is 2.65. The number of hydrogen-bond donors (Lipinski definition) is 2. The van der Waals surface area contributed by atoms with Crippen LogP contribution in [0.5, 0.6) is 0 Å². The molecule has 0 aliphatic rings. The molecular weight excluding hydrogens is 138 g/mol. The quantitative estimate of drug-likeness (QED) is 0.563. The van der Waals surface area contributed by atoms with Crippen molar-refractivity contribution in [2.24, 2.45) is 0 Å². The lowest BCUT2D eigenvalue weighted by molar-refractivity contribution is 0.938. The summed E-state index contributed by atoms with van der Waals surface area (Å²) >= 11 is 0. The highest BCUT2D eigenvalue weighted by atomic mass is 15.1. The lowest BCUT2D eigenvalue weighted by Gasteiger charge is -1.84. The third kappa shape index (κ3) is 2.10. The van der Waals surface area contributed by atoms with Crippen molar-refractivity contribution in [2.45, 2.75) is 6.92 Å². The highest BCUT2D eigenvalue weighted by Gasteiger charge is 1.92. The summed E-state index contributed by atoms with van der Waals surface area (Å²) in [6.45, 7) is 2.67. The molecule has 58 valence electrons. The Morgan fingerprint density at radius 1 is 1.73 bits per heavy atom. The first kappa shape index (κ1) is 7.83. The highest BCUT2D eigenvalue weighted by Crippen LogP contribution is 1.98. The predicted molar refractivity (Wildman–Crippen MR) is 44.1 cm³/mol. The smallest absolute Gasteiger partial charge is 0.0652 e. The fourth-order valence-corrected chi connectivity index (χ4v) is 0.705. The van der Waals surface area contributed by atoms with Crippen LogP contribution in [0.4, 0.5) is 0 Å². The SMILES string of the molecule is CNCC#Cc1cn[nH]c1C. The second-order valence-electron chi connectivity index (χ2n) is 2.24. The van der Waals surface area contributed by atoms with Crippen LogP contribution >= 0.6 is 0 Å². The van der Waals surface area contributed by atoms with Gasteiger partial charge in [-0.05, 0) is 14.0 Å². The number of nitrogens with zero attached hydrogens (tertiary/aromatic N) is 1. The largest absolute Gasteiger partial charge is 0.309 e. The van der Waals surface area contributed by atoms with E-state index >= 15 is 0 Å². The van der Waals surface area contributed by atoms with Gasteiger partial charge in [0, 0.05) is 5.69 Å². The van der Waals surface area contributed by atoms with Gasteiger partial charge in [0.15, 0.2) is 0 Å². The van der Waals surface area contributed by atoms with E-state index in [1.165, 1.54) is 0 Å². The Bertz CT molecular complexity index is 277. The fraction of sp³-hybridized carbons (Fsp3) is 0.375. The molecule has 0 aliphatic carbocycles. The predicted octanol–water partition coefficient (Wildman–Crippen LogP) is 0.289. The van der Waals surface area contributed by atoms with E-state index < -0.39 is 0 Å². The van der Waals surface area contributed by atoms with E-state index in [1.807, 2.05) is 14.0 Å². The molecule has 0 unspecified atom stereocenters. The van der Waals surface area contributed by atoms with Crippen LogP contribution in [-0.2, 0) is 0 Å². The van der Waals surface area contributed by atoms with Crippen LogP contribution in [0.3, 0.4) is 0 Å². The molecule has 3 heteroatoms. The van der Waals surface area contributed by atoms with Crippen molar-refractivity contribution in [3.05, 3.63) is 17.5 Å². The first-order chi connectivity index (χ1) is 5.34. The van der Waals surface area contributed by atoms with Gasteiger partial charge in [-0.3, -0.25) is 5.10 Å². The van der Waals surface area contributed by atoms with Crippen LogP contribution in [0.2, 0.25) is 0 Å². The van der Waals surface area contributed by atoms with Gasteiger partial charge in [0.2, 0.25) is 0 Å². The number of rotatable bonds is 1. The minimum Gasteiger partial charge on any atom is -0.309 e. The summed E-state index contributed by atoms with van der Waals surface area (Å²) in [7, 11) is 1.87. The maximum atomic E-state index is 3.85. The summed E-state index contributed by atoms with van der Waals surface area (Å²) in [4.78, 5) is 0. The van der Waals surface area contributed by atoms with E-state index in [2.05, 4.69) is 27.4 Å². The summed E-state index contributed by atoms with van der Waals surface area (Å²) in [6, 6.07) is 0. The van der Waals surface area contributed by atoms with E-state index in [0.717, 1.165) is 11.3 Å². The zero-order valence-electron chi connectivity index (χ0n) is 6.73. The Labute approximate surface area is 66.2 Å². The Hall–Kier alpha value is -1.27. The number of aryl methyl sites for hydroxylation is 1. The van der Waals surface area contributed by atoms with Crippen LogP contribution in [0.1, 0.15) is 11.3 Å². The van der Waals surface area contributed by atoms with Crippen LogP contribution < -0.4 is 5.32 Å². The van der Waals surface area contributed by atoms with Gasteiger partial charge in [0.25, 0.3) is 0 Å². The molecule has 1 aromatic heterocycles. The lowest BCUT2D eigenvalue weighted by atomic mass is 10.3. The first-order valence-corrected chi connectivity index (χ1v) is 3.48. The van der Waals surface area contributed by atoms with Gasteiger partial charge in [0.1, 0.15) is 0 Å². The third-order valence-electron chi connectivity index (χ3n) is 1.32. The first-order valence-electron chi connectivity index (χ1n) is 3.48. The van der Waals surface area contributed by atoms with Gasteiger partial charge in [-0.15, -0.1) is 0 Å². The van der Waals surface area contributed by atoms with Gasteiger partial charge in [-0.2, -0.15) is 5.10 Å². The summed E-state index contributed by atoms with van der Waals surface area (Å²) < 4.78 is 0. The van der Waals surface area contributed by atoms with E-state index in [9.17, 15) is 0 Å². The molecule has 0 atom stereocenters. The molecule has 3 nitrogen and oxygen atoms in total. The van der Waals surface area contributed by atoms with Crippen molar-refractivity contribution in [3.8, 4) is 11.8 Å². The molecule has 1 rings (SSSR count). The molecule has 2 N–H and O–H groups in total. The van der Waals surface area contributed by atoms with Crippen molar-refractivity contribution >= 4 is 0 Å². The monoisotopic (exact) mass is 149 g/mol. The molecule has 11 heavy (non-hydrogen) atoms. The van der Waals surface area contributed by atoms with Gasteiger partial charge in [-0.25, -0.2) is 0 Å².